The summed E-state index contributed by atoms with van der Waals surface area (Å²) in [6.07, 6.45) is 0.816. The third-order valence-electron chi connectivity index (χ3n) is 3.54. The van der Waals surface area contributed by atoms with E-state index >= 15 is 0 Å². The molecule has 0 unspecified atom stereocenters. The quantitative estimate of drug-likeness (QED) is 0.903. The van der Waals surface area contributed by atoms with E-state index in [4.69, 9.17) is 16.3 Å². The van der Waals surface area contributed by atoms with Crippen LogP contribution in [0.25, 0.3) is 0 Å². The fourth-order valence-corrected chi connectivity index (χ4v) is 2.71. The first-order valence-electron chi connectivity index (χ1n) is 6.68. The van der Waals surface area contributed by atoms with E-state index in [1.165, 1.54) is 13.0 Å². The van der Waals surface area contributed by atoms with Gasteiger partial charge in [0.1, 0.15) is 17.4 Å². The highest BCUT2D eigenvalue weighted by molar-refractivity contribution is 6.30. The van der Waals surface area contributed by atoms with Gasteiger partial charge >= 0.3 is 0 Å². The second-order valence-electron chi connectivity index (χ2n) is 5.09. The van der Waals surface area contributed by atoms with Gasteiger partial charge in [0, 0.05) is 29.6 Å². The zero-order valence-electron chi connectivity index (χ0n) is 11.5. The number of benzene rings is 2. The van der Waals surface area contributed by atoms with Crippen molar-refractivity contribution in [1.82, 2.24) is 0 Å². The first-order chi connectivity index (χ1) is 10.0. The van der Waals surface area contributed by atoms with Crippen molar-refractivity contribution in [3.8, 4) is 5.75 Å². The summed E-state index contributed by atoms with van der Waals surface area (Å²) in [4.78, 5) is 0. The van der Waals surface area contributed by atoms with Crippen LogP contribution in [-0.2, 0) is 13.0 Å². The minimum atomic E-state index is -0.478. The van der Waals surface area contributed by atoms with Crippen molar-refractivity contribution in [3.05, 3.63) is 57.6 Å². The molecule has 2 nitrogen and oxygen atoms in total. The van der Waals surface area contributed by atoms with Crippen LogP contribution in [-0.4, -0.2) is 6.61 Å². The monoisotopic (exact) mass is 309 g/mol. The maximum Gasteiger partial charge on any atom is 0.146 e. The van der Waals surface area contributed by atoms with Gasteiger partial charge in [0.05, 0.1) is 12.3 Å². The Labute approximate surface area is 126 Å². The zero-order chi connectivity index (χ0) is 15.0. The third-order valence-corrected chi connectivity index (χ3v) is 3.76. The minimum Gasteiger partial charge on any atom is -0.493 e. The maximum atomic E-state index is 13.8. The Morgan fingerprint density at radius 1 is 1.19 bits per heavy atom. The van der Waals surface area contributed by atoms with E-state index in [0.29, 0.717) is 18.2 Å². The number of halogens is 3. The fraction of sp³-hybridized carbons (Fsp3) is 0.250. The normalized spacial score (nSPS) is 13.0. The van der Waals surface area contributed by atoms with Crippen LogP contribution in [0.2, 0.25) is 5.02 Å². The van der Waals surface area contributed by atoms with Gasteiger partial charge in [-0.3, -0.25) is 0 Å². The SMILES string of the molecule is Cc1cc(F)c(NCc2cc(Cl)cc3c2OCC3)cc1F. The summed E-state index contributed by atoms with van der Waals surface area (Å²) in [6.45, 7) is 2.47. The molecule has 110 valence electrons. The topological polar surface area (TPSA) is 21.3 Å². The van der Waals surface area contributed by atoms with Crippen molar-refractivity contribution in [2.24, 2.45) is 0 Å². The molecule has 0 saturated heterocycles. The minimum absolute atomic E-state index is 0.129. The van der Waals surface area contributed by atoms with Crippen LogP contribution in [0.1, 0.15) is 16.7 Å². The molecular weight excluding hydrogens is 296 g/mol. The maximum absolute atomic E-state index is 13.8. The predicted octanol–water partition coefficient (Wildman–Crippen LogP) is 4.47. The Bertz CT molecular complexity index is 703. The van der Waals surface area contributed by atoms with Gasteiger partial charge in [0.15, 0.2) is 0 Å². The molecule has 0 aromatic heterocycles. The van der Waals surface area contributed by atoms with Crippen LogP contribution in [0.5, 0.6) is 5.75 Å². The van der Waals surface area contributed by atoms with Crippen molar-refractivity contribution in [1.29, 1.82) is 0 Å². The Kier molecular flexibility index (Phi) is 3.72. The molecule has 2 aromatic carbocycles. The number of hydrogen-bond acceptors (Lipinski definition) is 2. The number of ether oxygens (including phenoxy) is 1. The van der Waals surface area contributed by atoms with E-state index in [9.17, 15) is 8.78 Å². The molecule has 0 fully saturated rings. The van der Waals surface area contributed by atoms with Gasteiger partial charge in [0.2, 0.25) is 0 Å². The number of anilines is 1. The second-order valence-corrected chi connectivity index (χ2v) is 5.52. The molecule has 0 radical (unpaired) electrons. The van der Waals surface area contributed by atoms with E-state index in [2.05, 4.69) is 5.32 Å². The molecule has 0 bridgehead atoms. The predicted molar refractivity (Wildman–Crippen MR) is 79.1 cm³/mol. The molecule has 0 spiro atoms. The average Bonchev–Trinajstić information content (AvgIpc) is 2.89. The molecule has 3 rings (SSSR count). The summed E-state index contributed by atoms with van der Waals surface area (Å²) >= 11 is 6.07. The van der Waals surface area contributed by atoms with Crippen LogP contribution in [0.4, 0.5) is 14.5 Å². The van der Waals surface area contributed by atoms with Gasteiger partial charge < -0.3 is 10.1 Å². The van der Waals surface area contributed by atoms with Gasteiger partial charge in [0.25, 0.3) is 0 Å². The summed E-state index contributed by atoms with van der Waals surface area (Å²) in [5, 5.41) is 3.52. The van der Waals surface area contributed by atoms with Crippen LogP contribution < -0.4 is 10.1 Å². The summed E-state index contributed by atoms with van der Waals surface area (Å²) < 4.78 is 32.9. The van der Waals surface area contributed by atoms with Gasteiger partial charge in [-0.1, -0.05) is 11.6 Å². The first kappa shape index (κ1) is 14.1. The molecule has 2 aromatic rings. The van der Waals surface area contributed by atoms with E-state index in [1.54, 1.807) is 6.07 Å². The third kappa shape index (κ3) is 2.81. The summed E-state index contributed by atoms with van der Waals surface area (Å²) in [5.74, 6) is -0.125. The van der Waals surface area contributed by atoms with E-state index < -0.39 is 11.6 Å². The molecule has 0 saturated carbocycles. The molecule has 0 amide bonds. The summed E-state index contributed by atoms with van der Waals surface area (Å²) in [6, 6.07) is 5.99. The molecule has 1 heterocycles. The lowest BCUT2D eigenvalue weighted by Gasteiger charge is -2.12. The van der Waals surface area contributed by atoms with E-state index in [0.717, 1.165) is 29.4 Å². The first-order valence-corrected chi connectivity index (χ1v) is 7.06. The van der Waals surface area contributed by atoms with Gasteiger partial charge in [-0.05, 0) is 36.2 Å². The Morgan fingerprint density at radius 2 is 2.00 bits per heavy atom. The number of rotatable bonds is 3. The van der Waals surface area contributed by atoms with Gasteiger partial charge in [-0.15, -0.1) is 0 Å². The van der Waals surface area contributed by atoms with E-state index in [-0.39, 0.29) is 11.3 Å². The number of fused-ring (bicyclic) bond motifs is 1. The van der Waals surface area contributed by atoms with Crippen molar-refractivity contribution in [2.45, 2.75) is 19.9 Å². The summed E-state index contributed by atoms with van der Waals surface area (Å²) in [5.41, 5.74) is 2.31. The highest BCUT2D eigenvalue weighted by Crippen LogP contribution is 2.33. The Balaban J connectivity index is 1.84. The highest BCUT2D eigenvalue weighted by atomic mass is 35.5. The number of aryl methyl sites for hydroxylation is 1. The van der Waals surface area contributed by atoms with Crippen molar-refractivity contribution in [3.63, 3.8) is 0 Å². The van der Waals surface area contributed by atoms with Crippen molar-refractivity contribution >= 4 is 17.3 Å². The molecule has 5 heteroatoms. The average molecular weight is 310 g/mol. The molecule has 0 aliphatic carbocycles. The second kappa shape index (κ2) is 5.53. The lowest BCUT2D eigenvalue weighted by molar-refractivity contribution is 0.354. The van der Waals surface area contributed by atoms with Gasteiger partial charge in [-0.2, -0.15) is 0 Å². The number of hydrogen-bond donors (Lipinski definition) is 1. The summed E-state index contributed by atoms with van der Waals surface area (Å²) in [7, 11) is 0. The van der Waals surface area contributed by atoms with E-state index in [1.807, 2.05) is 6.07 Å². The lowest BCUT2D eigenvalue weighted by atomic mass is 10.1. The Morgan fingerprint density at radius 3 is 2.81 bits per heavy atom. The molecular formula is C16H14ClF2NO. The lowest BCUT2D eigenvalue weighted by Crippen LogP contribution is -2.04. The van der Waals surface area contributed by atoms with Crippen molar-refractivity contribution in [2.75, 3.05) is 11.9 Å². The molecule has 1 N–H and O–H groups in total. The van der Waals surface area contributed by atoms with Crippen LogP contribution in [0, 0.1) is 18.6 Å². The van der Waals surface area contributed by atoms with Crippen LogP contribution in [0.3, 0.4) is 0 Å². The van der Waals surface area contributed by atoms with Crippen LogP contribution >= 0.6 is 11.6 Å². The van der Waals surface area contributed by atoms with Crippen molar-refractivity contribution < 1.29 is 13.5 Å². The van der Waals surface area contributed by atoms with Gasteiger partial charge in [-0.25, -0.2) is 8.78 Å². The fourth-order valence-electron chi connectivity index (χ4n) is 2.45. The number of nitrogens with one attached hydrogen (secondary N) is 1. The zero-order valence-corrected chi connectivity index (χ0v) is 12.2. The Hall–Kier alpha value is -1.81. The van der Waals surface area contributed by atoms with Crippen LogP contribution in [0.15, 0.2) is 24.3 Å². The molecule has 1 aliphatic rings. The molecule has 1 aliphatic heterocycles. The molecule has 21 heavy (non-hydrogen) atoms. The highest BCUT2D eigenvalue weighted by Gasteiger charge is 2.18. The molecule has 0 atom stereocenters. The standard InChI is InChI=1S/C16H14ClF2NO/c1-9-4-14(19)15(7-13(9)18)20-8-11-6-12(17)5-10-2-3-21-16(10)11/h4-7,20H,2-3,8H2,1H3. The largest absolute Gasteiger partial charge is 0.493 e. The smallest absolute Gasteiger partial charge is 0.146 e.